The summed E-state index contributed by atoms with van der Waals surface area (Å²) in [6.07, 6.45) is 0.930. The number of carbonyl (C=O) groups is 2. The number of morpholine rings is 1. The van der Waals surface area contributed by atoms with Gasteiger partial charge in [-0.25, -0.2) is 4.79 Å². The van der Waals surface area contributed by atoms with Gasteiger partial charge in [-0.1, -0.05) is 20.3 Å². The monoisotopic (exact) mass is 229 g/mol. The van der Waals surface area contributed by atoms with Crippen LogP contribution in [0, 0.1) is 5.92 Å². The number of amides is 1. The molecule has 2 unspecified atom stereocenters. The highest BCUT2D eigenvalue weighted by Gasteiger charge is 2.30. The number of ether oxygens (including phenoxy) is 1. The van der Waals surface area contributed by atoms with Crippen molar-refractivity contribution in [3.05, 3.63) is 0 Å². The van der Waals surface area contributed by atoms with Crippen LogP contribution in [0.25, 0.3) is 0 Å². The maximum absolute atomic E-state index is 11.9. The van der Waals surface area contributed by atoms with Gasteiger partial charge in [0.15, 0.2) is 6.10 Å². The second kappa shape index (κ2) is 5.84. The van der Waals surface area contributed by atoms with Crippen LogP contribution in [0.4, 0.5) is 0 Å². The standard InChI is InChI=1S/C11H19NO4/c1-3-4-8(2)10(13)12-5-6-16-9(7-12)11(14)15/h8-9H,3-7H2,1-2H3,(H,14,15). The Bertz CT molecular complexity index is 267. The van der Waals surface area contributed by atoms with E-state index in [1.165, 1.54) is 0 Å². The first-order chi connectivity index (χ1) is 7.56. The lowest BCUT2D eigenvalue weighted by molar-refractivity contribution is -0.160. The predicted octanol–water partition coefficient (Wildman–Crippen LogP) is 0.735. The van der Waals surface area contributed by atoms with Gasteiger partial charge < -0.3 is 14.7 Å². The number of carboxylic acids is 1. The maximum Gasteiger partial charge on any atom is 0.334 e. The van der Waals surface area contributed by atoms with Crippen LogP contribution in [0.15, 0.2) is 0 Å². The summed E-state index contributed by atoms with van der Waals surface area (Å²) in [4.78, 5) is 24.3. The summed E-state index contributed by atoms with van der Waals surface area (Å²) in [6, 6.07) is 0. The first kappa shape index (κ1) is 13.0. The molecule has 0 aromatic rings. The van der Waals surface area contributed by atoms with E-state index in [0.29, 0.717) is 13.2 Å². The highest BCUT2D eigenvalue weighted by atomic mass is 16.5. The van der Waals surface area contributed by atoms with E-state index in [-0.39, 0.29) is 18.4 Å². The second-order valence-electron chi connectivity index (χ2n) is 4.17. The van der Waals surface area contributed by atoms with Gasteiger partial charge in [0.25, 0.3) is 0 Å². The zero-order chi connectivity index (χ0) is 12.1. The molecule has 2 atom stereocenters. The second-order valence-corrected chi connectivity index (χ2v) is 4.17. The number of carbonyl (C=O) groups excluding carboxylic acids is 1. The molecule has 0 aliphatic carbocycles. The number of nitrogens with zero attached hydrogens (tertiary/aromatic N) is 1. The van der Waals surface area contributed by atoms with Crippen molar-refractivity contribution in [2.24, 2.45) is 5.92 Å². The van der Waals surface area contributed by atoms with Crippen LogP contribution in [0.3, 0.4) is 0 Å². The van der Waals surface area contributed by atoms with Gasteiger partial charge in [-0.15, -0.1) is 0 Å². The molecule has 1 saturated heterocycles. The average Bonchev–Trinajstić information content (AvgIpc) is 2.28. The van der Waals surface area contributed by atoms with Crippen LogP contribution < -0.4 is 0 Å². The molecule has 92 valence electrons. The maximum atomic E-state index is 11.9. The summed E-state index contributed by atoms with van der Waals surface area (Å²) in [5, 5.41) is 8.82. The van der Waals surface area contributed by atoms with E-state index < -0.39 is 12.1 Å². The minimum absolute atomic E-state index is 0.0301. The Hall–Kier alpha value is -1.10. The van der Waals surface area contributed by atoms with Crippen LogP contribution in [-0.4, -0.2) is 47.7 Å². The lowest BCUT2D eigenvalue weighted by Crippen LogP contribution is -2.50. The van der Waals surface area contributed by atoms with Crippen molar-refractivity contribution < 1.29 is 19.4 Å². The Morgan fingerprint density at radius 2 is 2.25 bits per heavy atom. The van der Waals surface area contributed by atoms with E-state index in [1.807, 2.05) is 13.8 Å². The SMILES string of the molecule is CCCC(C)C(=O)N1CCOC(C(=O)O)C1. The Kier molecular flexibility index (Phi) is 4.73. The fraction of sp³-hybridized carbons (Fsp3) is 0.818. The number of rotatable bonds is 4. The Morgan fingerprint density at radius 1 is 1.56 bits per heavy atom. The van der Waals surface area contributed by atoms with Gasteiger partial charge >= 0.3 is 5.97 Å². The summed E-state index contributed by atoms with van der Waals surface area (Å²) in [5.41, 5.74) is 0. The molecule has 0 saturated carbocycles. The molecule has 5 nitrogen and oxygen atoms in total. The molecule has 1 heterocycles. The molecule has 16 heavy (non-hydrogen) atoms. The first-order valence-corrected chi connectivity index (χ1v) is 5.69. The molecule has 0 aromatic carbocycles. The van der Waals surface area contributed by atoms with Gasteiger partial charge in [0.2, 0.25) is 5.91 Å². The third-order valence-corrected chi connectivity index (χ3v) is 2.80. The van der Waals surface area contributed by atoms with Crippen molar-refractivity contribution in [2.75, 3.05) is 19.7 Å². The fourth-order valence-electron chi connectivity index (χ4n) is 1.87. The van der Waals surface area contributed by atoms with E-state index >= 15 is 0 Å². The Balaban J connectivity index is 2.53. The molecule has 1 aliphatic heterocycles. The summed E-state index contributed by atoms with van der Waals surface area (Å²) >= 11 is 0. The molecule has 1 amide bonds. The molecular weight excluding hydrogens is 210 g/mol. The van der Waals surface area contributed by atoms with E-state index in [0.717, 1.165) is 12.8 Å². The third-order valence-electron chi connectivity index (χ3n) is 2.80. The molecule has 1 fully saturated rings. The summed E-state index contributed by atoms with van der Waals surface area (Å²) in [7, 11) is 0. The normalized spacial score (nSPS) is 22.9. The smallest absolute Gasteiger partial charge is 0.334 e. The van der Waals surface area contributed by atoms with Gasteiger partial charge in [-0.2, -0.15) is 0 Å². The molecule has 0 radical (unpaired) electrons. The molecule has 1 N–H and O–H groups in total. The summed E-state index contributed by atoms with van der Waals surface area (Å²) in [6.45, 7) is 4.89. The topological polar surface area (TPSA) is 66.8 Å². The molecule has 0 aromatic heterocycles. The number of aliphatic carboxylic acids is 1. The fourth-order valence-corrected chi connectivity index (χ4v) is 1.87. The van der Waals surface area contributed by atoms with Crippen molar-refractivity contribution >= 4 is 11.9 Å². The minimum atomic E-state index is -0.999. The van der Waals surface area contributed by atoms with Gasteiger partial charge in [0, 0.05) is 12.5 Å². The van der Waals surface area contributed by atoms with Gasteiger partial charge in [-0.3, -0.25) is 4.79 Å². The number of hydrogen-bond donors (Lipinski definition) is 1. The number of carboxylic acid groups (broad SMARTS) is 1. The lowest BCUT2D eigenvalue weighted by Gasteiger charge is -2.32. The third kappa shape index (κ3) is 3.20. The van der Waals surface area contributed by atoms with E-state index in [9.17, 15) is 9.59 Å². The highest BCUT2D eigenvalue weighted by Crippen LogP contribution is 2.13. The van der Waals surface area contributed by atoms with Crippen molar-refractivity contribution in [3.8, 4) is 0 Å². The largest absolute Gasteiger partial charge is 0.479 e. The van der Waals surface area contributed by atoms with Crippen molar-refractivity contribution in [1.82, 2.24) is 4.90 Å². The van der Waals surface area contributed by atoms with Crippen LogP contribution in [-0.2, 0) is 14.3 Å². The zero-order valence-electron chi connectivity index (χ0n) is 9.81. The highest BCUT2D eigenvalue weighted by molar-refractivity contribution is 5.80. The van der Waals surface area contributed by atoms with E-state index in [4.69, 9.17) is 9.84 Å². The van der Waals surface area contributed by atoms with Gasteiger partial charge in [0.1, 0.15) is 0 Å². The van der Waals surface area contributed by atoms with E-state index in [1.54, 1.807) is 4.90 Å². The van der Waals surface area contributed by atoms with Crippen molar-refractivity contribution in [2.45, 2.75) is 32.8 Å². The van der Waals surface area contributed by atoms with Crippen LogP contribution in [0.2, 0.25) is 0 Å². The number of hydrogen-bond acceptors (Lipinski definition) is 3. The average molecular weight is 229 g/mol. The minimum Gasteiger partial charge on any atom is -0.479 e. The van der Waals surface area contributed by atoms with Crippen LogP contribution in [0.1, 0.15) is 26.7 Å². The predicted molar refractivity (Wildman–Crippen MR) is 58.0 cm³/mol. The van der Waals surface area contributed by atoms with Crippen LogP contribution in [0.5, 0.6) is 0 Å². The van der Waals surface area contributed by atoms with Crippen molar-refractivity contribution in [3.63, 3.8) is 0 Å². The molecule has 1 aliphatic rings. The zero-order valence-corrected chi connectivity index (χ0v) is 9.81. The quantitative estimate of drug-likeness (QED) is 0.772. The van der Waals surface area contributed by atoms with Crippen molar-refractivity contribution in [1.29, 1.82) is 0 Å². The summed E-state index contributed by atoms with van der Waals surface area (Å²) < 4.78 is 5.07. The Morgan fingerprint density at radius 3 is 2.81 bits per heavy atom. The Labute approximate surface area is 95.4 Å². The van der Waals surface area contributed by atoms with Gasteiger partial charge in [-0.05, 0) is 6.42 Å². The molecule has 1 rings (SSSR count). The first-order valence-electron chi connectivity index (χ1n) is 5.69. The molecule has 0 bridgehead atoms. The summed E-state index contributed by atoms with van der Waals surface area (Å²) in [5.74, 6) is -0.991. The molecule has 0 spiro atoms. The van der Waals surface area contributed by atoms with Gasteiger partial charge in [0.05, 0.1) is 13.2 Å². The molecular formula is C11H19NO4. The van der Waals surface area contributed by atoms with Crippen LogP contribution >= 0.6 is 0 Å². The lowest BCUT2D eigenvalue weighted by atomic mass is 10.0. The molecule has 5 heteroatoms. The van der Waals surface area contributed by atoms with E-state index in [2.05, 4.69) is 0 Å².